The number of amides is 10. The number of aliphatic hydroxyl groups is 2. The van der Waals surface area contributed by atoms with Crippen molar-refractivity contribution in [2.45, 2.75) is 250 Å². The number of ether oxygens (including phenoxy) is 13. The van der Waals surface area contributed by atoms with E-state index in [9.17, 15) is 86.9 Å². The van der Waals surface area contributed by atoms with Crippen LogP contribution in [-0.4, -0.2) is 301 Å². The van der Waals surface area contributed by atoms with Crippen molar-refractivity contribution >= 4 is 101 Å². The molecular weight excluding hydrogens is 1410 g/mol. The van der Waals surface area contributed by atoms with E-state index >= 15 is 4.79 Å². The van der Waals surface area contributed by atoms with Crippen molar-refractivity contribution in [1.29, 1.82) is 0 Å². The summed E-state index contributed by atoms with van der Waals surface area (Å²) in [5.41, 5.74) is 5.36. The summed E-state index contributed by atoms with van der Waals surface area (Å²) in [6.45, 7) is 9.13. The number of primary amides is 1. The van der Waals surface area contributed by atoms with Gasteiger partial charge in [-0.15, -0.1) is 0 Å². The summed E-state index contributed by atoms with van der Waals surface area (Å²) in [6.07, 6.45) is -26.0. The van der Waals surface area contributed by atoms with Crippen molar-refractivity contribution < 1.29 is 153 Å². The Labute approximate surface area is 601 Å². The molecule has 5 saturated heterocycles. The van der Waals surface area contributed by atoms with Crippen LogP contribution in [0.15, 0.2) is 0 Å². The van der Waals surface area contributed by atoms with E-state index in [2.05, 4.69) is 37.2 Å². The molecule has 5 aliphatic heterocycles. The van der Waals surface area contributed by atoms with E-state index in [4.69, 9.17) is 67.3 Å². The summed E-state index contributed by atoms with van der Waals surface area (Å²) in [6, 6.07) is -12.6. The zero-order valence-electron chi connectivity index (χ0n) is 60.1. The highest BCUT2D eigenvalue weighted by Crippen LogP contribution is 2.36. The molecule has 5 rings (SSSR count). The molecule has 22 atom stereocenters. The fourth-order valence-corrected chi connectivity index (χ4v) is 12.2. The lowest BCUT2D eigenvalue weighted by atomic mass is 9.94. The van der Waals surface area contributed by atoms with Gasteiger partial charge < -0.3 is 125 Å². The van der Waals surface area contributed by atoms with E-state index in [1.807, 2.05) is 0 Å². The summed E-state index contributed by atoms with van der Waals surface area (Å²) in [7, 11) is 0. The number of hydrogen-bond donors (Lipinski definition) is 10. The number of nitrogens with one attached hydrogen (secondary N) is 7. The van der Waals surface area contributed by atoms with Gasteiger partial charge in [0.2, 0.25) is 59.1 Å². The van der Waals surface area contributed by atoms with Crippen LogP contribution in [0.5, 0.6) is 0 Å². The number of nitrogens with zero attached hydrogens (tertiary/aromatic N) is 2. The zero-order valence-corrected chi connectivity index (χ0v) is 60.1. The first-order valence-electron chi connectivity index (χ1n) is 33.4. The highest BCUT2D eigenvalue weighted by atomic mass is 16.8. The number of carbonyl (C=O) groups is 17. The van der Waals surface area contributed by atoms with Gasteiger partial charge in [0.25, 0.3) is 0 Å². The van der Waals surface area contributed by atoms with Gasteiger partial charge in [-0.3, -0.25) is 81.5 Å². The molecule has 0 aromatic rings. The van der Waals surface area contributed by atoms with Crippen molar-refractivity contribution in [2.24, 2.45) is 5.73 Å². The Balaban J connectivity index is 1.67. The molecule has 10 amide bonds. The quantitative estimate of drug-likeness (QED) is 0.0221. The molecule has 0 radical (unpaired) electrons. The summed E-state index contributed by atoms with van der Waals surface area (Å²) in [5, 5.41) is 40.0. The molecule has 13 unspecified atom stereocenters. The number of rotatable bonds is 32. The van der Waals surface area contributed by atoms with Crippen LogP contribution in [0, 0.1) is 0 Å². The molecule has 105 heavy (non-hydrogen) atoms. The molecule has 0 aromatic carbocycles. The second-order valence-corrected chi connectivity index (χ2v) is 25.3. The van der Waals surface area contributed by atoms with Crippen LogP contribution in [0.2, 0.25) is 0 Å². The lowest BCUT2D eigenvalue weighted by molar-refractivity contribution is -0.353. The molecule has 0 spiro atoms. The third-order valence-corrected chi connectivity index (χ3v) is 16.7. The van der Waals surface area contributed by atoms with E-state index < -0.39 is 268 Å². The molecular formula is C63H94N10O32. The zero-order chi connectivity index (χ0) is 78.6. The Morgan fingerprint density at radius 3 is 1.50 bits per heavy atom. The minimum absolute atomic E-state index is 0.0345. The predicted octanol–water partition coefficient (Wildman–Crippen LogP) is -7.30. The van der Waals surface area contributed by atoms with Crippen LogP contribution in [0.3, 0.4) is 0 Å². The summed E-state index contributed by atoms with van der Waals surface area (Å²) >= 11 is 0. The van der Waals surface area contributed by atoms with E-state index in [1.165, 1.54) is 23.6 Å². The van der Waals surface area contributed by atoms with Gasteiger partial charge >= 0.3 is 41.8 Å². The highest BCUT2D eigenvalue weighted by molar-refractivity contribution is 5.98. The maximum absolute atomic E-state index is 15.1. The monoisotopic (exact) mass is 1500 g/mol. The van der Waals surface area contributed by atoms with Crippen molar-refractivity contribution in [3.63, 3.8) is 0 Å². The van der Waals surface area contributed by atoms with E-state index in [0.29, 0.717) is 6.42 Å². The first kappa shape index (κ1) is 86.3. The molecule has 5 fully saturated rings. The summed E-state index contributed by atoms with van der Waals surface area (Å²) in [4.78, 5) is 226. The molecule has 42 nitrogen and oxygen atoms in total. The second kappa shape index (κ2) is 39.7. The van der Waals surface area contributed by atoms with Crippen LogP contribution < -0.4 is 43.0 Å². The van der Waals surface area contributed by atoms with Gasteiger partial charge in [0.15, 0.2) is 49.4 Å². The Hall–Kier alpha value is -9.33. The third-order valence-electron chi connectivity index (χ3n) is 16.7. The Morgan fingerprint density at radius 1 is 0.505 bits per heavy atom. The van der Waals surface area contributed by atoms with E-state index in [-0.39, 0.29) is 32.4 Å². The number of likely N-dealkylation sites (tertiary alicyclic amines) is 2. The third kappa shape index (κ3) is 24.9. The van der Waals surface area contributed by atoms with Crippen molar-refractivity contribution in [1.82, 2.24) is 47.0 Å². The van der Waals surface area contributed by atoms with Crippen LogP contribution in [0.1, 0.15) is 116 Å². The average Bonchev–Trinajstić information content (AvgIpc) is 1.66. The first-order valence-corrected chi connectivity index (χ1v) is 33.4. The van der Waals surface area contributed by atoms with Gasteiger partial charge in [-0.05, 0) is 46.5 Å². The summed E-state index contributed by atoms with van der Waals surface area (Å²) < 4.78 is 76.4. The van der Waals surface area contributed by atoms with Gasteiger partial charge in [0, 0.05) is 82.3 Å². The largest absolute Gasteiger partial charge is 0.463 e. The lowest BCUT2D eigenvalue weighted by Gasteiger charge is -2.49. The van der Waals surface area contributed by atoms with Gasteiger partial charge in [-0.1, -0.05) is 0 Å². The maximum atomic E-state index is 15.1. The van der Waals surface area contributed by atoms with E-state index in [0.717, 1.165) is 76.2 Å². The molecule has 588 valence electrons. The van der Waals surface area contributed by atoms with Crippen LogP contribution in [0.25, 0.3) is 0 Å². The lowest BCUT2D eigenvalue weighted by Crippen LogP contribution is -2.70. The van der Waals surface area contributed by atoms with Crippen LogP contribution >= 0.6 is 0 Å². The van der Waals surface area contributed by atoms with Crippen LogP contribution in [-0.2, 0) is 143 Å². The highest BCUT2D eigenvalue weighted by Gasteiger charge is 2.58. The van der Waals surface area contributed by atoms with Gasteiger partial charge in [-0.2, -0.15) is 0 Å². The number of nitrogens with two attached hydrogens (primary N) is 1. The Kier molecular flexibility index (Phi) is 32.6. The van der Waals surface area contributed by atoms with Crippen LogP contribution in [0.4, 0.5) is 0 Å². The van der Waals surface area contributed by atoms with Gasteiger partial charge in [0.05, 0.1) is 25.9 Å². The molecule has 0 bridgehead atoms. The fourth-order valence-electron chi connectivity index (χ4n) is 12.2. The van der Waals surface area contributed by atoms with Gasteiger partial charge in [-0.25, -0.2) is 0 Å². The Bertz CT molecular complexity index is 3220. The maximum Gasteiger partial charge on any atom is 0.303 e. The minimum Gasteiger partial charge on any atom is -0.463 e. The second-order valence-electron chi connectivity index (χ2n) is 25.3. The standard InChI is InChI=1S/C63H94N10O32/c1-25(55(64)87)66-57(89)39-16-14-18-72(39)60(92)40-17-15-19-73(40)59(91)26(2)67-58(90)45(71-56(88)38(21-74)70-44(85)20-65-28(4)75)27(3)96-62-46(68-29(5)76)51(105-63-54(101-37(13)84)53(100-36(12)83)50(98-34(10)81)43(104-63)24-94-32(8)79)48(86)41(102-62)22-95-61-47(69-30(6)77)52(99-35(11)82)49(97-33(9)80)42(103-61)23-93-31(7)78/h25-27,38-43,45-54,61-63,74,86H,14-24H2,1-13H3,(H2,64,87)(H,65,75)(H,66,89)(H,67,90)(H,68,76)(H,69,77)(H,70,85)(H,71,88)/t25?,26?,27?,38?,39?,40?,41?,42?,43?,45?,46-,47-,48-,49+,50+,51?,52?,53?,54-,61+,62-,63-/m0/s1. The minimum atomic E-state index is -2.26. The molecule has 5 heterocycles. The topological polar surface area (TPSA) is 567 Å². The fraction of sp³-hybridized carbons (Fsp3) is 0.730. The van der Waals surface area contributed by atoms with E-state index in [1.54, 1.807) is 0 Å². The molecule has 0 saturated carbocycles. The number of aliphatic hydroxyl groups excluding tert-OH is 2. The van der Waals surface area contributed by atoms with Gasteiger partial charge in [0.1, 0.15) is 92.1 Å². The Morgan fingerprint density at radius 2 is 0.990 bits per heavy atom. The molecule has 11 N–H and O–H groups in total. The summed E-state index contributed by atoms with van der Waals surface area (Å²) in [5.74, 6) is -16.1. The molecule has 0 aliphatic carbocycles. The molecule has 42 heteroatoms. The smallest absolute Gasteiger partial charge is 0.303 e. The van der Waals surface area contributed by atoms with Crippen molar-refractivity contribution in [2.75, 3.05) is 46.1 Å². The average molecular weight is 1500 g/mol. The van der Waals surface area contributed by atoms with Crippen molar-refractivity contribution in [3.8, 4) is 0 Å². The van der Waals surface area contributed by atoms with Crippen molar-refractivity contribution in [3.05, 3.63) is 0 Å². The molecule has 5 aliphatic rings. The predicted molar refractivity (Wildman–Crippen MR) is 343 cm³/mol. The normalized spacial score (nSPS) is 28.5. The number of carbonyl (C=O) groups excluding carboxylic acids is 17. The number of esters is 7. The first-order chi connectivity index (χ1) is 49.2. The SMILES string of the molecule is CC(=O)NCC(=O)NC(CO)C(=O)NC(C(=O)NC(C)C(=O)N1CCCC1C(=O)N1CCCC1C(=O)NC(C)C(N)=O)C(C)O[C@H]1OC(CO[C@@H]2OC(COC(C)=O)[C@@H](OC(C)=O)C(OC(C)=O)[C@@H]2NC(C)=O)[C@H](O)C(O[C@@H]2OC(COC(C)=O)[C@@H](OC(C)=O)C(OC(C)=O)[C@@H]2OC(C)=O)[C@@H]1NC(C)=O. The molecule has 0 aromatic heterocycles. The number of hydrogen-bond acceptors (Lipinski definition) is 32.